The number of carbonyl (C=O) groups excluding carboxylic acids is 1. The zero-order valence-electron chi connectivity index (χ0n) is 21.6. The largest absolute Gasteiger partial charge is 0.494 e. The van der Waals surface area contributed by atoms with E-state index in [1.54, 1.807) is 72.8 Å². The molecule has 0 aliphatic carbocycles. The van der Waals surface area contributed by atoms with Crippen LogP contribution in [0.5, 0.6) is 11.5 Å². The summed E-state index contributed by atoms with van der Waals surface area (Å²) >= 11 is 0. The number of nitriles is 1. The van der Waals surface area contributed by atoms with Crippen molar-refractivity contribution in [3.05, 3.63) is 83.9 Å². The standard InChI is InChI=1S/C31H35N3O3/c1-2-3-4-5-6-7-8-9-10-23-36-29-19-13-26(14-20-29)31(35)37-30-21-17-28(18-22-30)34-33-27-15-11-25(24-32)12-16-27/h11-22H,2-10,23H2,1H3. The molecule has 0 amide bonds. The summed E-state index contributed by atoms with van der Waals surface area (Å²) in [6, 6.07) is 22.7. The van der Waals surface area contributed by atoms with Crippen LogP contribution in [0.4, 0.5) is 11.4 Å². The van der Waals surface area contributed by atoms with E-state index >= 15 is 0 Å². The van der Waals surface area contributed by atoms with E-state index in [1.807, 2.05) is 0 Å². The first kappa shape index (κ1) is 27.6. The molecule has 3 aromatic rings. The molecule has 192 valence electrons. The molecule has 0 aliphatic heterocycles. The van der Waals surface area contributed by atoms with E-state index in [0.29, 0.717) is 34.9 Å². The van der Waals surface area contributed by atoms with Crippen LogP contribution in [-0.2, 0) is 0 Å². The maximum atomic E-state index is 12.5. The van der Waals surface area contributed by atoms with Gasteiger partial charge in [-0.1, -0.05) is 58.3 Å². The summed E-state index contributed by atoms with van der Waals surface area (Å²) in [7, 11) is 0. The number of nitrogens with zero attached hydrogens (tertiary/aromatic N) is 3. The van der Waals surface area contributed by atoms with Crippen molar-refractivity contribution in [2.45, 2.75) is 64.7 Å². The third-order valence-corrected chi connectivity index (χ3v) is 5.93. The van der Waals surface area contributed by atoms with Crippen LogP contribution < -0.4 is 9.47 Å². The number of benzene rings is 3. The van der Waals surface area contributed by atoms with Crippen molar-refractivity contribution in [3.8, 4) is 17.6 Å². The Morgan fingerprint density at radius 3 is 1.78 bits per heavy atom. The number of azo groups is 1. The van der Waals surface area contributed by atoms with Crippen molar-refractivity contribution in [1.82, 2.24) is 0 Å². The highest BCUT2D eigenvalue weighted by atomic mass is 16.5. The molecule has 3 aromatic carbocycles. The van der Waals surface area contributed by atoms with Crippen LogP contribution in [0.1, 0.15) is 80.6 Å². The van der Waals surface area contributed by atoms with Gasteiger partial charge in [0.1, 0.15) is 11.5 Å². The third kappa shape index (κ3) is 10.3. The van der Waals surface area contributed by atoms with Gasteiger partial charge in [-0.3, -0.25) is 0 Å². The smallest absolute Gasteiger partial charge is 0.343 e. The van der Waals surface area contributed by atoms with Crippen LogP contribution in [0.3, 0.4) is 0 Å². The molecule has 6 nitrogen and oxygen atoms in total. The predicted molar refractivity (Wildman–Crippen MR) is 146 cm³/mol. The molecule has 37 heavy (non-hydrogen) atoms. The van der Waals surface area contributed by atoms with Crippen molar-refractivity contribution < 1.29 is 14.3 Å². The first-order chi connectivity index (χ1) is 18.2. The Balaban J connectivity index is 1.36. The molecule has 0 fully saturated rings. The fourth-order valence-corrected chi connectivity index (χ4v) is 3.75. The molecule has 0 saturated heterocycles. The number of esters is 1. The highest BCUT2D eigenvalue weighted by molar-refractivity contribution is 5.91. The number of ether oxygens (including phenoxy) is 2. The molecular formula is C31H35N3O3. The average Bonchev–Trinajstić information content (AvgIpc) is 2.94. The van der Waals surface area contributed by atoms with E-state index in [1.165, 1.54) is 51.4 Å². The normalized spacial score (nSPS) is 10.8. The van der Waals surface area contributed by atoms with E-state index in [2.05, 4.69) is 23.2 Å². The van der Waals surface area contributed by atoms with Gasteiger partial charge in [-0.25, -0.2) is 4.79 Å². The van der Waals surface area contributed by atoms with Crippen LogP contribution in [0.25, 0.3) is 0 Å². The lowest BCUT2D eigenvalue weighted by atomic mass is 10.1. The molecule has 0 atom stereocenters. The van der Waals surface area contributed by atoms with E-state index in [0.717, 1.165) is 12.2 Å². The minimum Gasteiger partial charge on any atom is -0.494 e. The first-order valence-electron chi connectivity index (χ1n) is 13.1. The quantitative estimate of drug-likeness (QED) is 0.0907. The maximum Gasteiger partial charge on any atom is 0.343 e. The summed E-state index contributed by atoms with van der Waals surface area (Å²) in [5, 5.41) is 17.2. The summed E-state index contributed by atoms with van der Waals surface area (Å²) in [5.41, 5.74) is 2.30. The predicted octanol–water partition coefficient (Wildman–Crippen LogP) is 9.10. The molecule has 0 unspecified atom stereocenters. The molecule has 6 heteroatoms. The third-order valence-electron chi connectivity index (χ3n) is 5.93. The van der Waals surface area contributed by atoms with Gasteiger partial charge in [0, 0.05) is 0 Å². The van der Waals surface area contributed by atoms with Gasteiger partial charge in [-0.05, 0) is 79.2 Å². The van der Waals surface area contributed by atoms with Crippen molar-refractivity contribution in [2.75, 3.05) is 6.61 Å². The summed E-state index contributed by atoms with van der Waals surface area (Å²) in [6.07, 6.45) is 11.5. The molecule has 0 aliphatic rings. The van der Waals surface area contributed by atoms with Crippen LogP contribution in [-0.4, -0.2) is 12.6 Å². The highest BCUT2D eigenvalue weighted by Gasteiger charge is 2.09. The summed E-state index contributed by atoms with van der Waals surface area (Å²) in [5.74, 6) is 0.749. The fourth-order valence-electron chi connectivity index (χ4n) is 3.75. The van der Waals surface area contributed by atoms with Crippen LogP contribution in [0.15, 0.2) is 83.0 Å². The Kier molecular flexibility index (Phi) is 11.9. The number of carbonyl (C=O) groups is 1. The zero-order valence-corrected chi connectivity index (χ0v) is 21.6. The summed E-state index contributed by atoms with van der Waals surface area (Å²) < 4.78 is 11.3. The summed E-state index contributed by atoms with van der Waals surface area (Å²) in [4.78, 5) is 12.5. The van der Waals surface area contributed by atoms with Gasteiger partial charge < -0.3 is 9.47 Å². The SMILES string of the molecule is CCCCCCCCCCCOc1ccc(C(=O)Oc2ccc(N=Nc3ccc(C#N)cc3)cc2)cc1. The molecule has 0 bridgehead atoms. The first-order valence-corrected chi connectivity index (χ1v) is 13.1. The molecule has 0 spiro atoms. The lowest BCUT2D eigenvalue weighted by Gasteiger charge is -2.08. The van der Waals surface area contributed by atoms with Gasteiger partial charge in [0.25, 0.3) is 0 Å². The van der Waals surface area contributed by atoms with Gasteiger partial charge in [0.2, 0.25) is 0 Å². The fraction of sp³-hybridized carbons (Fsp3) is 0.355. The molecular weight excluding hydrogens is 462 g/mol. The lowest BCUT2D eigenvalue weighted by Crippen LogP contribution is -2.08. The Bertz CT molecular complexity index is 1150. The molecule has 0 N–H and O–H groups in total. The van der Waals surface area contributed by atoms with Crippen LogP contribution in [0, 0.1) is 11.3 Å². The van der Waals surface area contributed by atoms with Gasteiger partial charge in [-0.15, -0.1) is 0 Å². The van der Waals surface area contributed by atoms with Gasteiger partial charge in [0.15, 0.2) is 0 Å². The van der Waals surface area contributed by atoms with Gasteiger partial charge >= 0.3 is 5.97 Å². The van der Waals surface area contributed by atoms with E-state index < -0.39 is 5.97 Å². The second-order valence-corrected chi connectivity index (χ2v) is 8.94. The number of unbranched alkanes of at least 4 members (excludes halogenated alkanes) is 8. The van der Waals surface area contributed by atoms with Crippen molar-refractivity contribution in [2.24, 2.45) is 10.2 Å². The number of hydrogen-bond acceptors (Lipinski definition) is 6. The Hall–Kier alpha value is -3.98. The summed E-state index contributed by atoms with van der Waals surface area (Å²) in [6.45, 7) is 2.94. The van der Waals surface area contributed by atoms with E-state index in [-0.39, 0.29) is 0 Å². The second kappa shape index (κ2) is 15.9. The van der Waals surface area contributed by atoms with Crippen molar-refractivity contribution in [1.29, 1.82) is 5.26 Å². The highest BCUT2D eigenvalue weighted by Crippen LogP contribution is 2.23. The minimum atomic E-state index is -0.433. The Morgan fingerprint density at radius 2 is 1.22 bits per heavy atom. The molecule has 3 rings (SSSR count). The van der Waals surface area contributed by atoms with E-state index in [4.69, 9.17) is 14.7 Å². The molecule has 0 saturated carbocycles. The second-order valence-electron chi connectivity index (χ2n) is 8.94. The molecule has 0 heterocycles. The number of rotatable bonds is 15. The topological polar surface area (TPSA) is 84.0 Å². The minimum absolute atomic E-state index is 0.424. The molecule has 0 aromatic heterocycles. The average molecular weight is 498 g/mol. The lowest BCUT2D eigenvalue weighted by molar-refractivity contribution is 0.0734. The van der Waals surface area contributed by atoms with Gasteiger partial charge in [-0.2, -0.15) is 15.5 Å². The monoisotopic (exact) mass is 497 g/mol. The Labute approximate surface area is 220 Å². The zero-order chi connectivity index (χ0) is 26.1. The molecule has 0 radical (unpaired) electrons. The van der Waals surface area contributed by atoms with Crippen molar-refractivity contribution in [3.63, 3.8) is 0 Å². The Morgan fingerprint density at radius 1 is 0.703 bits per heavy atom. The van der Waals surface area contributed by atoms with Crippen molar-refractivity contribution >= 4 is 17.3 Å². The maximum absolute atomic E-state index is 12.5. The van der Waals surface area contributed by atoms with Crippen LogP contribution in [0.2, 0.25) is 0 Å². The van der Waals surface area contributed by atoms with Gasteiger partial charge in [0.05, 0.1) is 35.2 Å². The van der Waals surface area contributed by atoms with E-state index in [9.17, 15) is 4.79 Å². The van der Waals surface area contributed by atoms with Crippen LogP contribution >= 0.6 is 0 Å². The number of hydrogen-bond donors (Lipinski definition) is 0.